The minimum Gasteiger partial charge on any atom is -0.496 e. The van der Waals surface area contributed by atoms with Crippen LogP contribution in [0.2, 0.25) is 0 Å². The fourth-order valence-corrected chi connectivity index (χ4v) is 3.61. The summed E-state index contributed by atoms with van der Waals surface area (Å²) >= 11 is 11.7. The van der Waals surface area contributed by atoms with Crippen LogP contribution in [0, 0.1) is 0 Å². The second-order valence-electron chi connectivity index (χ2n) is 4.25. The topological polar surface area (TPSA) is 27.7 Å². The minimum absolute atomic E-state index is 0.246. The summed E-state index contributed by atoms with van der Waals surface area (Å²) in [6, 6.07) is 7.76. The fourth-order valence-electron chi connectivity index (χ4n) is 1.84. The molecule has 114 valence electrons. The Kier molecular flexibility index (Phi) is 6.36. The molecule has 0 fully saturated rings. The minimum atomic E-state index is -0.246. The molecule has 0 bridgehead atoms. The van der Waals surface area contributed by atoms with E-state index in [0.717, 1.165) is 26.4 Å². The third-order valence-electron chi connectivity index (χ3n) is 2.90. The summed E-state index contributed by atoms with van der Waals surface area (Å²) in [5.41, 5.74) is 0.989. The van der Waals surface area contributed by atoms with Gasteiger partial charge in [-0.2, -0.15) is 0 Å². The highest BCUT2D eigenvalue weighted by molar-refractivity contribution is 9.10. The number of hydrogen-bond acceptors (Lipinski definition) is 4. The molecule has 1 aromatic carbocycles. The highest BCUT2D eigenvalue weighted by atomic mass is 79.9. The van der Waals surface area contributed by atoms with Crippen LogP contribution in [0.25, 0.3) is 0 Å². The summed E-state index contributed by atoms with van der Waals surface area (Å²) in [6.45, 7) is 1.07. The number of ether oxygens (including phenoxy) is 3. The standard InChI is InChI=1S/C15H16BrClO3S/c1-18-6-7-20-12-4-3-10(9-11(12)16)14(17)15-13(19-2)5-8-21-15/h3-5,8-9,14H,6-7H2,1-2H3. The number of halogens is 2. The van der Waals surface area contributed by atoms with Gasteiger partial charge >= 0.3 is 0 Å². The van der Waals surface area contributed by atoms with Gasteiger partial charge in [0.2, 0.25) is 0 Å². The van der Waals surface area contributed by atoms with Crippen LogP contribution in [0.3, 0.4) is 0 Å². The van der Waals surface area contributed by atoms with E-state index in [1.165, 1.54) is 0 Å². The van der Waals surface area contributed by atoms with E-state index in [2.05, 4.69) is 15.9 Å². The van der Waals surface area contributed by atoms with Crippen LogP contribution in [-0.2, 0) is 4.74 Å². The summed E-state index contributed by atoms with van der Waals surface area (Å²) < 4.78 is 16.8. The molecule has 21 heavy (non-hydrogen) atoms. The largest absolute Gasteiger partial charge is 0.496 e. The molecular formula is C15H16BrClO3S. The molecule has 1 heterocycles. The zero-order valence-electron chi connectivity index (χ0n) is 11.8. The van der Waals surface area contributed by atoms with Crippen LogP contribution in [0.15, 0.2) is 34.1 Å². The van der Waals surface area contributed by atoms with Gasteiger partial charge in [0.1, 0.15) is 18.1 Å². The maximum atomic E-state index is 6.56. The molecule has 6 heteroatoms. The van der Waals surface area contributed by atoms with Crippen LogP contribution in [-0.4, -0.2) is 27.4 Å². The molecule has 0 saturated carbocycles. The SMILES string of the molecule is COCCOc1ccc(C(Cl)c2sccc2OC)cc1Br. The van der Waals surface area contributed by atoms with E-state index in [9.17, 15) is 0 Å². The molecule has 0 aliphatic rings. The highest BCUT2D eigenvalue weighted by Crippen LogP contribution is 2.40. The van der Waals surface area contributed by atoms with Crippen molar-refractivity contribution in [1.82, 2.24) is 0 Å². The van der Waals surface area contributed by atoms with Crippen LogP contribution in [0.1, 0.15) is 15.8 Å². The lowest BCUT2D eigenvalue weighted by Gasteiger charge is -2.13. The van der Waals surface area contributed by atoms with Crippen molar-refractivity contribution in [2.45, 2.75) is 5.38 Å². The second kappa shape index (κ2) is 8.03. The zero-order chi connectivity index (χ0) is 15.2. The van der Waals surface area contributed by atoms with E-state index in [1.807, 2.05) is 29.6 Å². The molecular weight excluding hydrogens is 376 g/mol. The Morgan fingerprint density at radius 3 is 2.67 bits per heavy atom. The number of alkyl halides is 1. The third kappa shape index (κ3) is 4.13. The van der Waals surface area contributed by atoms with Gasteiger partial charge in [-0.25, -0.2) is 0 Å². The van der Waals surface area contributed by atoms with Gasteiger partial charge in [0, 0.05) is 7.11 Å². The predicted octanol–water partition coefficient (Wildman–Crippen LogP) is 4.87. The monoisotopic (exact) mass is 390 g/mol. The van der Waals surface area contributed by atoms with Gasteiger partial charge < -0.3 is 14.2 Å². The van der Waals surface area contributed by atoms with E-state index in [-0.39, 0.29) is 5.38 Å². The van der Waals surface area contributed by atoms with Crippen molar-refractivity contribution in [2.75, 3.05) is 27.4 Å². The average Bonchev–Trinajstić information content (AvgIpc) is 2.96. The molecule has 1 aromatic heterocycles. The van der Waals surface area contributed by atoms with Gasteiger partial charge in [0.05, 0.1) is 28.4 Å². The lowest BCUT2D eigenvalue weighted by molar-refractivity contribution is 0.146. The summed E-state index contributed by atoms with van der Waals surface area (Å²) in [5, 5.41) is 1.73. The molecule has 2 rings (SSSR count). The van der Waals surface area contributed by atoms with Crippen molar-refractivity contribution in [2.24, 2.45) is 0 Å². The van der Waals surface area contributed by atoms with Crippen LogP contribution < -0.4 is 9.47 Å². The van der Waals surface area contributed by atoms with E-state index in [1.54, 1.807) is 25.6 Å². The smallest absolute Gasteiger partial charge is 0.134 e. The van der Waals surface area contributed by atoms with Crippen LogP contribution >= 0.6 is 38.9 Å². The lowest BCUT2D eigenvalue weighted by Crippen LogP contribution is -2.05. The molecule has 0 N–H and O–H groups in total. The first-order valence-electron chi connectivity index (χ1n) is 6.34. The van der Waals surface area contributed by atoms with E-state index in [4.69, 9.17) is 25.8 Å². The number of thiophene rings is 1. The van der Waals surface area contributed by atoms with Crippen molar-refractivity contribution >= 4 is 38.9 Å². The molecule has 0 spiro atoms. The van der Waals surface area contributed by atoms with Gasteiger partial charge in [0.25, 0.3) is 0 Å². The molecule has 0 aliphatic carbocycles. The summed E-state index contributed by atoms with van der Waals surface area (Å²) in [7, 11) is 3.30. The van der Waals surface area contributed by atoms with Gasteiger partial charge in [-0.1, -0.05) is 6.07 Å². The first kappa shape index (κ1) is 16.6. The van der Waals surface area contributed by atoms with E-state index < -0.39 is 0 Å². The average molecular weight is 392 g/mol. The van der Waals surface area contributed by atoms with Crippen molar-refractivity contribution < 1.29 is 14.2 Å². The Morgan fingerprint density at radius 2 is 2.00 bits per heavy atom. The lowest BCUT2D eigenvalue weighted by atomic mass is 10.1. The first-order chi connectivity index (χ1) is 10.2. The number of benzene rings is 1. The molecule has 3 nitrogen and oxygen atoms in total. The first-order valence-corrected chi connectivity index (χ1v) is 8.45. The molecule has 1 unspecified atom stereocenters. The van der Waals surface area contributed by atoms with E-state index >= 15 is 0 Å². The summed E-state index contributed by atoms with van der Waals surface area (Å²) in [4.78, 5) is 0.999. The summed E-state index contributed by atoms with van der Waals surface area (Å²) in [6.07, 6.45) is 0. The number of rotatable bonds is 7. The Morgan fingerprint density at radius 1 is 1.19 bits per heavy atom. The Labute approximate surface area is 141 Å². The highest BCUT2D eigenvalue weighted by Gasteiger charge is 2.18. The van der Waals surface area contributed by atoms with Gasteiger partial charge in [-0.3, -0.25) is 0 Å². The maximum absolute atomic E-state index is 6.56. The molecule has 1 atom stereocenters. The second-order valence-corrected chi connectivity index (χ2v) is 6.49. The molecule has 0 saturated heterocycles. The fraction of sp³-hybridized carbons (Fsp3) is 0.333. The van der Waals surface area contributed by atoms with Gasteiger partial charge in [-0.15, -0.1) is 22.9 Å². The van der Waals surface area contributed by atoms with E-state index in [0.29, 0.717) is 13.2 Å². The quantitative estimate of drug-likeness (QED) is 0.498. The maximum Gasteiger partial charge on any atom is 0.134 e. The van der Waals surface area contributed by atoms with Crippen molar-refractivity contribution in [3.63, 3.8) is 0 Å². The molecule has 0 radical (unpaired) electrons. The third-order valence-corrected chi connectivity index (χ3v) is 5.08. The van der Waals surface area contributed by atoms with Crippen molar-refractivity contribution in [1.29, 1.82) is 0 Å². The molecule has 0 amide bonds. The van der Waals surface area contributed by atoms with Gasteiger partial charge in [-0.05, 0) is 45.1 Å². The van der Waals surface area contributed by atoms with Crippen molar-refractivity contribution in [3.05, 3.63) is 44.6 Å². The van der Waals surface area contributed by atoms with Crippen LogP contribution in [0.5, 0.6) is 11.5 Å². The Hall–Kier alpha value is -0.750. The molecule has 0 aliphatic heterocycles. The van der Waals surface area contributed by atoms with Gasteiger partial charge in [0.15, 0.2) is 0 Å². The summed E-state index contributed by atoms with van der Waals surface area (Å²) in [5.74, 6) is 1.59. The Balaban J connectivity index is 2.15. The zero-order valence-corrected chi connectivity index (χ0v) is 14.9. The normalized spacial score (nSPS) is 12.2. The predicted molar refractivity (Wildman–Crippen MR) is 90.1 cm³/mol. The number of hydrogen-bond donors (Lipinski definition) is 0. The Bertz CT molecular complexity index is 588. The molecule has 2 aromatic rings. The number of methoxy groups -OCH3 is 2. The van der Waals surface area contributed by atoms with Crippen LogP contribution in [0.4, 0.5) is 0 Å². The van der Waals surface area contributed by atoms with Crippen molar-refractivity contribution in [3.8, 4) is 11.5 Å².